The highest BCUT2D eigenvalue weighted by Gasteiger charge is 2.02. The molecule has 3 rings (SSSR count). The molecule has 0 radical (unpaired) electrons. The lowest BCUT2D eigenvalue weighted by Crippen LogP contribution is -1.97. The molecule has 0 saturated carbocycles. The summed E-state index contributed by atoms with van der Waals surface area (Å²) in [6, 6.07) is 18.4. The summed E-state index contributed by atoms with van der Waals surface area (Å²) < 4.78 is 1.99. The van der Waals surface area contributed by atoms with Gasteiger partial charge in [0.25, 0.3) is 0 Å². The fourth-order valence-corrected chi connectivity index (χ4v) is 2.22. The monoisotopic (exact) mass is 296 g/mol. The van der Waals surface area contributed by atoms with Crippen molar-refractivity contribution in [3.63, 3.8) is 0 Å². The van der Waals surface area contributed by atoms with Crippen molar-refractivity contribution >= 4 is 23.5 Å². The van der Waals surface area contributed by atoms with E-state index < -0.39 is 0 Å². The van der Waals surface area contributed by atoms with E-state index in [9.17, 15) is 5.11 Å². The first-order valence-electron chi connectivity index (χ1n) is 6.49. The molecule has 0 atom stereocenters. The Morgan fingerprint density at radius 2 is 1.71 bits per heavy atom. The summed E-state index contributed by atoms with van der Waals surface area (Å²) in [6.07, 6.45) is 3.72. The van der Waals surface area contributed by atoms with Gasteiger partial charge in [-0.3, -0.25) is 4.99 Å². The van der Waals surface area contributed by atoms with E-state index in [4.69, 9.17) is 11.6 Å². The Morgan fingerprint density at radius 1 is 0.952 bits per heavy atom. The molecule has 21 heavy (non-hydrogen) atoms. The summed E-state index contributed by atoms with van der Waals surface area (Å²) in [7, 11) is 0. The molecule has 1 heterocycles. The van der Waals surface area contributed by atoms with Gasteiger partial charge in [0.1, 0.15) is 5.75 Å². The van der Waals surface area contributed by atoms with E-state index in [0.29, 0.717) is 5.02 Å². The van der Waals surface area contributed by atoms with Gasteiger partial charge in [-0.25, -0.2) is 0 Å². The standard InChI is InChI=1S/C17H13ClN2O/c18-16-5-1-2-6-17(16)19-12-14-4-3-11-20(14)13-7-9-15(21)10-8-13/h1-12,21H. The molecule has 0 aliphatic rings. The Hall–Kier alpha value is -2.52. The van der Waals surface area contributed by atoms with Gasteiger partial charge in [0.15, 0.2) is 0 Å². The number of aliphatic imine (C=N–C) groups is 1. The third-order valence-corrected chi connectivity index (χ3v) is 3.42. The Kier molecular flexibility index (Phi) is 3.75. The van der Waals surface area contributed by atoms with E-state index in [-0.39, 0.29) is 5.75 Å². The number of rotatable bonds is 3. The van der Waals surface area contributed by atoms with E-state index in [0.717, 1.165) is 17.1 Å². The third-order valence-electron chi connectivity index (χ3n) is 3.10. The second kappa shape index (κ2) is 5.85. The maximum absolute atomic E-state index is 9.36. The molecular weight excluding hydrogens is 284 g/mol. The van der Waals surface area contributed by atoms with Crippen LogP contribution in [0.2, 0.25) is 5.02 Å². The van der Waals surface area contributed by atoms with Crippen LogP contribution in [-0.4, -0.2) is 15.9 Å². The van der Waals surface area contributed by atoms with Crippen LogP contribution < -0.4 is 0 Å². The van der Waals surface area contributed by atoms with Gasteiger partial charge in [-0.1, -0.05) is 23.7 Å². The average Bonchev–Trinajstić information content (AvgIpc) is 2.96. The SMILES string of the molecule is Oc1ccc(-n2cccc2C=Nc2ccccc2Cl)cc1. The number of hydrogen-bond donors (Lipinski definition) is 1. The summed E-state index contributed by atoms with van der Waals surface area (Å²) in [5, 5.41) is 9.98. The van der Waals surface area contributed by atoms with Gasteiger partial charge in [0.2, 0.25) is 0 Å². The minimum atomic E-state index is 0.247. The molecule has 0 aliphatic heterocycles. The molecule has 1 aromatic heterocycles. The zero-order valence-electron chi connectivity index (χ0n) is 11.1. The third kappa shape index (κ3) is 2.98. The van der Waals surface area contributed by atoms with Crippen LogP contribution in [0, 0.1) is 0 Å². The molecule has 0 unspecified atom stereocenters. The van der Waals surface area contributed by atoms with Crippen LogP contribution in [0.4, 0.5) is 5.69 Å². The van der Waals surface area contributed by atoms with E-state index in [1.165, 1.54) is 0 Å². The summed E-state index contributed by atoms with van der Waals surface area (Å²) in [4.78, 5) is 4.42. The van der Waals surface area contributed by atoms with E-state index in [2.05, 4.69) is 4.99 Å². The minimum absolute atomic E-state index is 0.247. The topological polar surface area (TPSA) is 37.5 Å². The number of hydrogen-bond acceptors (Lipinski definition) is 2. The van der Waals surface area contributed by atoms with Crippen LogP contribution in [0.1, 0.15) is 5.69 Å². The molecule has 3 aromatic rings. The van der Waals surface area contributed by atoms with Crippen LogP contribution in [0.3, 0.4) is 0 Å². The zero-order valence-corrected chi connectivity index (χ0v) is 11.9. The fourth-order valence-electron chi connectivity index (χ4n) is 2.04. The van der Waals surface area contributed by atoms with Gasteiger partial charge in [-0.05, 0) is 48.5 Å². The quantitative estimate of drug-likeness (QED) is 0.705. The molecule has 2 aromatic carbocycles. The second-order valence-corrected chi connectivity index (χ2v) is 4.94. The highest BCUT2D eigenvalue weighted by atomic mass is 35.5. The average molecular weight is 297 g/mol. The predicted molar refractivity (Wildman–Crippen MR) is 86.1 cm³/mol. The number of benzene rings is 2. The summed E-state index contributed by atoms with van der Waals surface area (Å²) in [6.45, 7) is 0. The number of aromatic nitrogens is 1. The highest BCUT2D eigenvalue weighted by Crippen LogP contribution is 2.24. The number of phenols is 1. The van der Waals surface area contributed by atoms with Crippen molar-refractivity contribution in [3.05, 3.63) is 77.6 Å². The summed E-state index contributed by atoms with van der Waals surface area (Å²) in [5.74, 6) is 0.247. The van der Waals surface area contributed by atoms with Crippen LogP contribution in [0.5, 0.6) is 5.75 Å². The predicted octanol–water partition coefficient (Wildman–Crippen LogP) is 4.59. The van der Waals surface area contributed by atoms with Crippen LogP contribution in [0.25, 0.3) is 5.69 Å². The normalized spacial score (nSPS) is 11.1. The van der Waals surface area contributed by atoms with Gasteiger partial charge in [0.05, 0.1) is 22.6 Å². The summed E-state index contributed by atoms with van der Waals surface area (Å²) >= 11 is 6.09. The maximum Gasteiger partial charge on any atom is 0.115 e. The van der Waals surface area contributed by atoms with Gasteiger partial charge in [-0.2, -0.15) is 0 Å². The molecule has 3 nitrogen and oxygen atoms in total. The lowest BCUT2D eigenvalue weighted by molar-refractivity contribution is 0.475. The smallest absolute Gasteiger partial charge is 0.115 e. The first-order chi connectivity index (χ1) is 10.2. The van der Waals surface area contributed by atoms with Crippen molar-refractivity contribution in [2.24, 2.45) is 4.99 Å². The molecule has 0 aliphatic carbocycles. The van der Waals surface area contributed by atoms with E-state index in [1.54, 1.807) is 18.3 Å². The molecule has 0 amide bonds. The molecule has 0 bridgehead atoms. The Balaban J connectivity index is 1.93. The molecule has 1 N–H and O–H groups in total. The Morgan fingerprint density at radius 3 is 2.48 bits per heavy atom. The molecule has 104 valence electrons. The molecular formula is C17H13ClN2O. The van der Waals surface area contributed by atoms with Crippen LogP contribution in [-0.2, 0) is 0 Å². The van der Waals surface area contributed by atoms with Crippen molar-refractivity contribution in [2.45, 2.75) is 0 Å². The number of phenolic OH excluding ortho intramolecular Hbond substituents is 1. The first-order valence-corrected chi connectivity index (χ1v) is 6.87. The number of para-hydroxylation sites is 1. The molecule has 0 spiro atoms. The second-order valence-electron chi connectivity index (χ2n) is 4.53. The van der Waals surface area contributed by atoms with Crippen molar-refractivity contribution in [1.29, 1.82) is 0 Å². The van der Waals surface area contributed by atoms with Gasteiger partial charge < -0.3 is 9.67 Å². The van der Waals surface area contributed by atoms with Gasteiger partial charge in [0, 0.05) is 11.9 Å². The van der Waals surface area contributed by atoms with Gasteiger partial charge in [-0.15, -0.1) is 0 Å². The van der Waals surface area contributed by atoms with Crippen LogP contribution >= 0.6 is 11.6 Å². The highest BCUT2D eigenvalue weighted by molar-refractivity contribution is 6.33. The maximum atomic E-state index is 9.36. The number of nitrogens with zero attached hydrogens (tertiary/aromatic N) is 2. The van der Waals surface area contributed by atoms with Crippen LogP contribution in [0.15, 0.2) is 71.9 Å². The zero-order chi connectivity index (χ0) is 14.7. The van der Waals surface area contributed by atoms with Gasteiger partial charge >= 0.3 is 0 Å². The lowest BCUT2D eigenvalue weighted by atomic mass is 10.3. The van der Waals surface area contributed by atoms with Crippen molar-refractivity contribution in [3.8, 4) is 11.4 Å². The lowest BCUT2D eigenvalue weighted by Gasteiger charge is -2.06. The number of aromatic hydroxyl groups is 1. The fraction of sp³-hybridized carbons (Fsp3) is 0. The van der Waals surface area contributed by atoms with E-state index in [1.807, 2.05) is 59.3 Å². The largest absolute Gasteiger partial charge is 0.508 e. The molecule has 4 heteroatoms. The van der Waals surface area contributed by atoms with E-state index >= 15 is 0 Å². The summed E-state index contributed by atoms with van der Waals surface area (Å²) in [5.41, 5.74) is 2.62. The van der Waals surface area contributed by atoms with Crippen molar-refractivity contribution in [1.82, 2.24) is 4.57 Å². The Labute approximate surface area is 127 Å². The Bertz CT molecular complexity index is 775. The first kappa shape index (κ1) is 13.5. The molecule has 0 saturated heterocycles. The van der Waals surface area contributed by atoms with Crippen molar-refractivity contribution < 1.29 is 5.11 Å². The van der Waals surface area contributed by atoms with Crippen molar-refractivity contribution in [2.75, 3.05) is 0 Å². The number of halogens is 1. The molecule has 0 fully saturated rings. The minimum Gasteiger partial charge on any atom is -0.508 e.